The van der Waals surface area contributed by atoms with Gasteiger partial charge in [-0.15, -0.1) is 6.58 Å². The van der Waals surface area contributed by atoms with Crippen LogP contribution in [0.2, 0.25) is 0 Å². The molecule has 3 rings (SSSR count). The predicted molar refractivity (Wildman–Crippen MR) is 102 cm³/mol. The fourth-order valence-corrected chi connectivity index (χ4v) is 3.24. The zero-order valence-electron chi connectivity index (χ0n) is 14.2. The van der Waals surface area contributed by atoms with Crippen molar-refractivity contribution in [1.82, 2.24) is 9.97 Å². The molecular weight excluding hydrogens is 352 g/mol. The van der Waals surface area contributed by atoms with Gasteiger partial charge >= 0.3 is 0 Å². The maximum Gasteiger partial charge on any atom is 0.257 e. The number of carbonyl (C=O) groups is 2. The maximum absolute atomic E-state index is 12.7. The van der Waals surface area contributed by atoms with E-state index in [1.807, 2.05) is 19.1 Å². The first-order chi connectivity index (χ1) is 12.5. The number of fused-ring (bicyclic) bond motifs is 1. The van der Waals surface area contributed by atoms with Gasteiger partial charge in [-0.2, -0.15) is 0 Å². The SMILES string of the molecule is C=CCSc1nc2c(c(=O)[nH]1)C(C(=O)Nc1ccc(C)cc1)CC(=O)N2. The molecule has 0 aliphatic carbocycles. The number of benzene rings is 1. The molecule has 0 radical (unpaired) electrons. The van der Waals surface area contributed by atoms with Crippen molar-refractivity contribution in [2.45, 2.75) is 24.4 Å². The van der Waals surface area contributed by atoms with Gasteiger partial charge in [0.1, 0.15) is 5.82 Å². The van der Waals surface area contributed by atoms with E-state index in [1.165, 1.54) is 11.8 Å². The number of aromatic amines is 1. The van der Waals surface area contributed by atoms with E-state index < -0.39 is 17.4 Å². The minimum absolute atomic E-state index is 0.103. The lowest BCUT2D eigenvalue weighted by Crippen LogP contribution is -2.36. The number of nitrogens with zero attached hydrogens (tertiary/aromatic N) is 1. The molecule has 2 amide bonds. The summed E-state index contributed by atoms with van der Waals surface area (Å²) in [7, 11) is 0. The fraction of sp³-hybridized carbons (Fsp3) is 0.222. The Bertz CT molecular complexity index is 921. The number of anilines is 2. The number of H-pyrrole nitrogens is 1. The van der Waals surface area contributed by atoms with E-state index in [0.717, 1.165) is 5.56 Å². The highest BCUT2D eigenvalue weighted by atomic mass is 32.2. The number of thioether (sulfide) groups is 1. The molecule has 1 aromatic carbocycles. The van der Waals surface area contributed by atoms with Crippen LogP contribution in [-0.2, 0) is 9.59 Å². The third kappa shape index (κ3) is 3.85. The third-order valence-electron chi connectivity index (χ3n) is 3.90. The summed E-state index contributed by atoms with van der Waals surface area (Å²) in [4.78, 5) is 44.1. The molecule has 1 aliphatic heterocycles. The summed E-state index contributed by atoms with van der Waals surface area (Å²) >= 11 is 1.29. The minimum Gasteiger partial charge on any atom is -0.326 e. The summed E-state index contributed by atoms with van der Waals surface area (Å²) in [5.41, 5.74) is 1.43. The lowest BCUT2D eigenvalue weighted by atomic mass is 9.92. The summed E-state index contributed by atoms with van der Waals surface area (Å²) in [5.74, 6) is -0.953. The van der Waals surface area contributed by atoms with Gasteiger partial charge in [-0.05, 0) is 19.1 Å². The van der Waals surface area contributed by atoms with Gasteiger partial charge in [0.25, 0.3) is 5.56 Å². The Balaban J connectivity index is 1.91. The standard InChI is InChI=1S/C18H18N4O3S/c1-3-8-26-18-21-15-14(17(25)22-18)12(9-13(23)20-15)16(24)19-11-6-4-10(2)5-7-11/h3-7,12H,1,8-9H2,2H3,(H,19,24)(H2,20,21,22,23,25). The van der Waals surface area contributed by atoms with Gasteiger partial charge in [0.2, 0.25) is 11.8 Å². The minimum atomic E-state index is -0.894. The summed E-state index contributed by atoms with van der Waals surface area (Å²) < 4.78 is 0. The summed E-state index contributed by atoms with van der Waals surface area (Å²) in [6.07, 6.45) is 1.58. The van der Waals surface area contributed by atoms with E-state index in [9.17, 15) is 14.4 Å². The van der Waals surface area contributed by atoms with Gasteiger partial charge in [0.15, 0.2) is 5.16 Å². The number of hydrogen-bond donors (Lipinski definition) is 3. The molecule has 1 unspecified atom stereocenters. The van der Waals surface area contributed by atoms with Crippen molar-refractivity contribution in [2.75, 3.05) is 16.4 Å². The van der Waals surface area contributed by atoms with Gasteiger partial charge in [0, 0.05) is 17.9 Å². The number of carbonyl (C=O) groups excluding carboxylic acids is 2. The van der Waals surface area contributed by atoms with E-state index in [4.69, 9.17) is 0 Å². The third-order valence-corrected chi connectivity index (χ3v) is 4.77. The Hall–Kier alpha value is -2.87. The Kier molecular flexibility index (Phi) is 5.22. The van der Waals surface area contributed by atoms with Crippen molar-refractivity contribution in [1.29, 1.82) is 0 Å². The van der Waals surface area contributed by atoms with Gasteiger partial charge in [0.05, 0.1) is 11.5 Å². The van der Waals surface area contributed by atoms with Crippen LogP contribution in [0.4, 0.5) is 11.5 Å². The average Bonchev–Trinajstić information content (AvgIpc) is 2.60. The van der Waals surface area contributed by atoms with E-state index in [0.29, 0.717) is 16.6 Å². The largest absolute Gasteiger partial charge is 0.326 e. The molecule has 8 heteroatoms. The molecule has 1 aromatic heterocycles. The number of nitrogens with one attached hydrogen (secondary N) is 3. The molecule has 1 aliphatic rings. The molecule has 2 heterocycles. The quantitative estimate of drug-likeness (QED) is 0.426. The zero-order chi connectivity index (χ0) is 18.7. The van der Waals surface area contributed by atoms with Crippen LogP contribution in [-0.4, -0.2) is 27.5 Å². The highest BCUT2D eigenvalue weighted by Crippen LogP contribution is 2.30. The van der Waals surface area contributed by atoms with Crippen LogP contribution in [0.1, 0.15) is 23.5 Å². The van der Waals surface area contributed by atoms with Crippen molar-refractivity contribution in [3.8, 4) is 0 Å². The Morgan fingerprint density at radius 3 is 2.81 bits per heavy atom. The molecule has 26 heavy (non-hydrogen) atoms. The molecule has 0 spiro atoms. The van der Waals surface area contributed by atoms with Gasteiger partial charge < -0.3 is 15.6 Å². The predicted octanol–water partition coefficient (Wildman–Crippen LogP) is 2.42. The van der Waals surface area contributed by atoms with Gasteiger partial charge in [-0.1, -0.05) is 35.5 Å². The average molecular weight is 370 g/mol. The molecule has 7 nitrogen and oxygen atoms in total. The molecular formula is C18H18N4O3S. The molecule has 134 valence electrons. The molecule has 0 bridgehead atoms. The Morgan fingerprint density at radius 2 is 2.12 bits per heavy atom. The number of amides is 2. The van der Waals surface area contributed by atoms with E-state index >= 15 is 0 Å². The van der Waals surface area contributed by atoms with Crippen LogP contribution in [0.25, 0.3) is 0 Å². The molecule has 3 N–H and O–H groups in total. The van der Waals surface area contributed by atoms with Crippen molar-refractivity contribution in [3.63, 3.8) is 0 Å². The number of rotatable bonds is 5. The van der Waals surface area contributed by atoms with E-state index in [1.54, 1.807) is 18.2 Å². The Labute approximate surface area is 154 Å². The number of aryl methyl sites for hydroxylation is 1. The van der Waals surface area contributed by atoms with Gasteiger partial charge in [-0.25, -0.2) is 4.98 Å². The monoisotopic (exact) mass is 370 g/mol. The lowest BCUT2D eigenvalue weighted by molar-refractivity contribution is -0.123. The first-order valence-electron chi connectivity index (χ1n) is 8.03. The van der Waals surface area contributed by atoms with Crippen LogP contribution >= 0.6 is 11.8 Å². The molecule has 2 aromatic rings. The van der Waals surface area contributed by atoms with Crippen LogP contribution < -0.4 is 16.2 Å². The number of aromatic nitrogens is 2. The molecule has 1 atom stereocenters. The summed E-state index contributed by atoms with van der Waals surface area (Å²) in [6.45, 7) is 5.56. The summed E-state index contributed by atoms with van der Waals surface area (Å²) in [6, 6.07) is 7.28. The second kappa shape index (κ2) is 7.57. The van der Waals surface area contributed by atoms with Crippen molar-refractivity contribution in [3.05, 3.63) is 58.4 Å². The normalized spacial score (nSPS) is 15.7. The lowest BCUT2D eigenvalue weighted by Gasteiger charge is -2.23. The van der Waals surface area contributed by atoms with E-state index in [-0.39, 0.29) is 23.7 Å². The molecule has 0 fully saturated rings. The highest BCUT2D eigenvalue weighted by Gasteiger charge is 2.34. The second-order valence-corrected chi connectivity index (χ2v) is 6.90. The fourth-order valence-electron chi connectivity index (χ4n) is 2.65. The van der Waals surface area contributed by atoms with Crippen LogP contribution in [0.5, 0.6) is 0 Å². The summed E-state index contributed by atoms with van der Waals surface area (Å²) in [5, 5.41) is 5.71. The topological polar surface area (TPSA) is 104 Å². The van der Waals surface area contributed by atoms with Crippen LogP contribution in [0.3, 0.4) is 0 Å². The van der Waals surface area contributed by atoms with Crippen LogP contribution in [0.15, 0.2) is 46.9 Å². The molecule has 0 saturated heterocycles. The first kappa shape index (κ1) is 17.9. The van der Waals surface area contributed by atoms with E-state index in [2.05, 4.69) is 27.2 Å². The second-order valence-electron chi connectivity index (χ2n) is 5.89. The first-order valence-corrected chi connectivity index (χ1v) is 9.01. The maximum atomic E-state index is 12.7. The van der Waals surface area contributed by atoms with Crippen molar-refractivity contribution < 1.29 is 9.59 Å². The number of hydrogen-bond acceptors (Lipinski definition) is 5. The smallest absolute Gasteiger partial charge is 0.257 e. The molecule has 0 saturated carbocycles. The van der Waals surface area contributed by atoms with Crippen molar-refractivity contribution in [2.24, 2.45) is 0 Å². The zero-order valence-corrected chi connectivity index (χ0v) is 15.0. The van der Waals surface area contributed by atoms with Crippen molar-refractivity contribution >= 4 is 35.1 Å². The Morgan fingerprint density at radius 1 is 1.38 bits per heavy atom. The van der Waals surface area contributed by atoms with Gasteiger partial charge in [-0.3, -0.25) is 14.4 Å². The highest BCUT2D eigenvalue weighted by molar-refractivity contribution is 7.99. The van der Waals surface area contributed by atoms with Crippen LogP contribution in [0, 0.1) is 6.92 Å².